The number of aliphatic hydroxyl groups is 2. The van der Waals surface area contributed by atoms with Crippen molar-refractivity contribution < 1.29 is 14.9 Å². The van der Waals surface area contributed by atoms with Crippen molar-refractivity contribution >= 4 is 23.0 Å². The van der Waals surface area contributed by atoms with Crippen molar-refractivity contribution in [3.8, 4) is 5.75 Å². The third kappa shape index (κ3) is 8.52. The Balaban J connectivity index is 1.63. The molecule has 0 spiro atoms. The highest BCUT2D eigenvalue weighted by atomic mass is 35.5. The predicted molar refractivity (Wildman–Crippen MR) is 108 cm³/mol. The van der Waals surface area contributed by atoms with Gasteiger partial charge in [0.2, 0.25) is 0 Å². The van der Waals surface area contributed by atoms with Crippen LogP contribution >= 0.6 is 11.6 Å². The minimum atomic E-state index is 0.0246. The summed E-state index contributed by atoms with van der Waals surface area (Å²) in [6, 6.07) is 14.7. The van der Waals surface area contributed by atoms with E-state index >= 15 is 0 Å². The SMILES string of the molecule is OCC(CO)CCCCCCOc1ccc(N=Nc2ccc(Cl)cc2)cc1. The molecule has 0 atom stereocenters. The molecule has 0 bridgehead atoms. The normalized spacial score (nSPS) is 11.4. The maximum Gasteiger partial charge on any atom is 0.119 e. The number of hydrogen-bond acceptors (Lipinski definition) is 5. The molecular weight excluding hydrogens is 364 g/mol. The van der Waals surface area contributed by atoms with Gasteiger partial charge in [-0.25, -0.2) is 0 Å². The maximum atomic E-state index is 9.02. The molecule has 0 heterocycles. The molecule has 2 N–H and O–H groups in total. The summed E-state index contributed by atoms with van der Waals surface area (Å²) in [5.41, 5.74) is 1.52. The highest BCUT2D eigenvalue weighted by Crippen LogP contribution is 2.22. The lowest BCUT2D eigenvalue weighted by Crippen LogP contribution is -2.10. The highest BCUT2D eigenvalue weighted by molar-refractivity contribution is 6.30. The summed E-state index contributed by atoms with van der Waals surface area (Å²) >= 11 is 5.84. The average molecular weight is 391 g/mol. The second-order valence-corrected chi connectivity index (χ2v) is 6.89. The van der Waals surface area contributed by atoms with Crippen molar-refractivity contribution in [3.05, 3.63) is 53.6 Å². The summed E-state index contributed by atoms with van der Waals surface area (Å²) in [5, 5.41) is 27.1. The Bertz CT molecular complexity index is 671. The van der Waals surface area contributed by atoms with E-state index in [1.165, 1.54) is 0 Å². The summed E-state index contributed by atoms with van der Waals surface area (Å²) in [6.45, 7) is 0.804. The second-order valence-electron chi connectivity index (χ2n) is 6.45. The van der Waals surface area contributed by atoms with Gasteiger partial charge in [0, 0.05) is 24.2 Å². The Hall–Kier alpha value is -1.95. The van der Waals surface area contributed by atoms with Crippen molar-refractivity contribution in [2.45, 2.75) is 32.1 Å². The summed E-state index contributed by atoms with van der Waals surface area (Å²) in [6.07, 6.45) is 5.06. The first kappa shape index (κ1) is 21.4. The molecule has 27 heavy (non-hydrogen) atoms. The lowest BCUT2D eigenvalue weighted by atomic mass is 10.0. The summed E-state index contributed by atoms with van der Waals surface area (Å²) in [7, 11) is 0. The van der Waals surface area contributed by atoms with Crippen LogP contribution in [0.5, 0.6) is 5.75 Å². The van der Waals surface area contributed by atoms with Gasteiger partial charge in [-0.1, -0.05) is 30.9 Å². The minimum absolute atomic E-state index is 0.0246. The Morgan fingerprint density at radius 2 is 1.33 bits per heavy atom. The molecule has 0 unspecified atom stereocenters. The molecule has 2 aromatic carbocycles. The molecule has 0 saturated carbocycles. The molecule has 2 aromatic rings. The van der Waals surface area contributed by atoms with E-state index in [4.69, 9.17) is 26.6 Å². The first-order valence-corrected chi connectivity index (χ1v) is 9.71. The van der Waals surface area contributed by atoms with Gasteiger partial charge in [-0.3, -0.25) is 0 Å². The number of ether oxygens (including phenoxy) is 1. The molecule has 0 aliphatic carbocycles. The van der Waals surface area contributed by atoms with Crippen LogP contribution in [0.3, 0.4) is 0 Å². The topological polar surface area (TPSA) is 74.4 Å². The lowest BCUT2D eigenvalue weighted by molar-refractivity contribution is 0.141. The number of aliphatic hydroxyl groups excluding tert-OH is 2. The van der Waals surface area contributed by atoms with E-state index < -0.39 is 0 Å². The zero-order chi connectivity index (χ0) is 19.3. The molecule has 6 heteroatoms. The van der Waals surface area contributed by atoms with Crippen molar-refractivity contribution in [2.24, 2.45) is 16.1 Å². The number of nitrogens with zero attached hydrogens (tertiary/aromatic N) is 2. The molecule has 146 valence electrons. The van der Waals surface area contributed by atoms with Gasteiger partial charge >= 0.3 is 0 Å². The van der Waals surface area contributed by atoms with E-state index in [9.17, 15) is 0 Å². The number of rotatable bonds is 12. The molecule has 0 aromatic heterocycles. The summed E-state index contributed by atoms with van der Waals surface area (Å²) in [4.78, 5) is 0. The van der Waals surface area contributed by atoms with Gasteiger partial charge in [-0.15, -0.1) is 0 Å². The standard InChI is InChI=1S/C21H27ClN2O3/c22-18-6-8-19(9-7-18)23-24-20-10-12-21(13-11-20)27-14-4-2-1-3-5-17(15-25)16-26/h6-13,17,25-26H,1-5,14-16H2. The van der Waals surface area contributed by atoms with Crippen LogP contribution < -0.4 is 4.74 Å². The summed E-state index contributed by atoms with van der Waals surface area (Å²) in [5.74, 6) is 0.845. The number of hydrogen-bond donors (Lipinski definition) is 2. The quantitative estimate of drug-likeness (QED) is 0.361. The highest BCUT2D eigenvalue weighted by Gasteiger charge is 2.04. The van der Waals surface area contributed by atoms with Gasteiger partial charge in [0.25, 0.3) is 0 Å². The number of unbranched alkanes of at least 4 members (excludes halogenated alkanes) is 3. The Labute approximate surface area is 165 Å². The number of azo groups is 1. The van der Waals surface area contributed by atoms with Crippen LogP contribution in [0.25, 0.3) is 0 Å². The minimum Gasteiger partial charge on any atom is -0.494 e. The molecule has 0 saturated heterocycles. The zero-order valence-corrected chi connectivity index (χ0v) is 16.2. The van der Waals surface area contributed by atoms with E-state index in [0.29, 0.717) is 11.6 Å². The van der Waals surface area contributed by atoms with E-state index in [1.54, 1.807) is 12.1 Å². The zero-order valence-electron chi connectivity index (χ0n) is 15.4. The molecule has 0 radical (unpaired) electrons. The van der Waals surface area contributed by atoms with Crippen LogP contribution in [0.4, 0.5) is 11.4 Å². The van der Waals surface area contributed by atoms with E-state index in [1.807, 2.05) is 36.4 Å². The molecule has 2 rings (SSSR count). The van der Waals surface area contributed by atoms with Gasteiger partial charge in [0.05, 0.1) is 18.0 Å². The van der Waals surface area contributed by atoms with Gasteiger partial charge in [-0.2, -0.15) is 10.2 Å². The van der Waals surface area contributed by atoms with Crippen LogP contribution in [0.1, 0.15) is 32.1 Å². The predicted octanol–water partition coefficient (Wildman–Crippen LogP) is 5.69. The van der Waals surface area contributed by atoms with Gasteiger partial charge < -0.3 is 14.9 Å². The fourth-order valence-electron chi connectivity index (χ4n) is 2.55. The molecule has 0 aliphatic rings. The number of benzene rings is 2. The first-order chi connectivity index (χ1) is 13.2. The van der Waals surface area contributed by atoms with E-state index in [0.717, 1.165) is 49.2 Å². The average Bonchev–Trinajstić information content (AvgIpc) is 2.70. The maximum absolute atomic E-state index is 9.02. The Morgan fingerprint density at radius 1 is 0.778 bits per heavy atom. The lowest BCUT2D eigenvalue weighted by Gasteiger charge is -2.10. The van der Waals surface area contributed by atoms with Crippen LogP contribution in [-0.4, -0.2) is 30.0 Å². The van der Waals surface area contributed by atoms with Crippen LogP contribution in [0.15, 0.2) is 58.8 Å². The van der Waals surface area contributed by atoms with Crippen molar-refractivity contribution in [3.63, 3.8) is 0 Å². The van der Waals surface area contributed by atoms with Crippen LogP contribution in [0.2, 0.25) is 5.02 Å². The van der Waals surface area contributed by atoms with Crippen LogP contribution in [0, 0.1) is 5.92 Å². The fourth-order valence-corrected chi connectivity index (χ4v) is 2.68. The van der Waals surface area contributed by atoms with Crippen molar-refractivity contribution in [1.82, 2.24) is 0 Å². The molecule has 0 amide bonds. The fraction of sp³-hybridized carbons (Fsp3) is 0.429. The first-order valence-electron chi connectivity index (χ1n) is 9.33. The third-order valence-corrected chi connectivity index (χ3v) is 4.49. The van der Waals surface area contributed by atoms with Crippen molar-refractivity contribution in [2.75, 3.05) is 19.8 Å². The van der Waals surface area contributed by atoms with E-state index in [2.05, 4.69) is 10.2 Å². The summed E-state index contributed by atoms with van der Waals surface area (Å²) < 4.78 is 5.74. The Kier molecular flexibility index (Phi) is 9.84. The number of halogens is 1. The van der Waals surface area contributed by atoms with Crippen LogP contribution in [-0.2, 0) is 0 Å². The second kappa shape index (κ2) is 12.4. The largest absolute Gasteiger partial charge is 0.494 e. The molecular formula is C21H27ClN2O3. The van der Waals surface area contributed by atoms with Gasteiger partial charge in [-0.05, 0) is 61.4 Å². The molecule has 5 nitrogen and oxygen atoms in total. The molecule has 0 fully saturated rings. The smallest absolute Gasteiger partial charge is 0.119 e. The van der Waals surface area contributed by atoms with Gasteiger partial charge in [0.15, 0.2) is 0 Å². The van der Waals surface area contributed by atoms with Gasteiger partial charge in [0.1, 0.15) is 5.75 Å². The van der Waals surface area contributed by atoms with E-state index in [-0.39, 0.29) is 19.1 Å². The third-order valence-electron chi connectivity index (χ3n) is 4.24. The van der Waals surface area contributed by atoms with Crippen molar-refractivity contribution in [1.29, 1.82) is 0 Å². The Morgan fingerprint density at radius 3 is 1.93 bits per heavy atom. The molecule has 0 aliphatic heterocycles. The monoisotopic (exact) mass is 390 g/mol.